The van der Waals surface area contributed by atoms with E-state index in [0.29, 0.717) is 17.8 Å². The average molecular weight is 393 g/mol. The van der Waals surface area contributed by atoms with E-state index in [9.17, 15) is 14.9 Å². The lowest BCUT2D eigenvalue weighted by molar-refractivity contribution is -0.384. The quantitative estimate of drug-likeness (QED) is 0.629. The summed E-state index contributed by atoms with van der Waals surface area (Å²) in [5.74, 6) is -0.173. The first-order valence-electron chi connectivity index (χ1n) is 8.71. The number of aromatic nitrogens is 3. The van der Waals surface area contributed by atoms with Crippen molar-refractivity contribution in [2.75, 3.05) is 7.05 Å². The Balaban J connectivity index is 0.00000210. The van der Waals surface area contributed by atoms with Gasteiger partial charge in [0.1, 0.15) is 0 Å². The Morgan fingerprint density at radius 3 is 2.70 bits per heavy atom. The number of carbonyl (C=O) groups excluding carboxylic acids is 1. The number of fused-ring (bicyclic) bond motifs is 2. The number of carbonyl (C=O) groups is 1. The molecule has 1 amide bonds. The first-order valence-corrected chi connectivity index (χ1v) is 8.71. The van der Waals surface area contributed by atoms with E-state index in [1.54, 1.807) is 17.0 Å². The van der Waals surface area contributed by atoms with Gasteiger partial charge in [-0.3, -0.25) is 14.9 Å². The standard InChI is InChI=1S/C17H20N6O3.ClH/c1-21(15-7-11-5-6-12(8-15)18-11)17(24)16-10-22(20-19-16)13-3-2-4-14(9-13)23(25)26;/h2-4,9-12,15,18H,5-8H2,1H3;1H. The molecule has 2 bridgehead atoms. The van der Waals surface area contributed by atoms with Crippen molar-refractivity contribution in [3.05, 3.63) is 46.3 Å². The minimum absolute atomic E-state index is 0. The molecular formula is C17H21ClN6O3. The molecule has 1 N–H and O–H groups in total. The van der Waals surface area contributed by atoms with E-state index in [1.807, 2.05) is 7.05 Å². The first-order chi connectivity index (χ1) is 12.5. The van der Waals surface area contributed by atoms with E-state index >= 15 is 0 Å². The Morgan fingerprint density at radius 2 is 2.04 bits per heavy atom. The number of hydrogen-bond donors (Lipinski definition) is 1. The molecule has 1 aromatic carbocycles. The Morgan fingerprint density at radius 1 is 1.33 bits per heavy atom. The topological polar surface area (TPSA) is 106 Å². The van der Waals surface area contributed by atoms with Gasteiger partial charge in [0.2, 0.25) is 0 Å². The van der Waals surface area contributed by atoms with Crippen LogP contribution in [0.2, 0.25) is 0 Å². The van der Waals surface area contributed by atoms with Crippen molar-refractivity contribution >= 4 is 24.0 Å². The lowest BCUT2D eigenvalue weighted by Crippen LogP contribution is -2.48. The normalized spacial score (nSPS) is 23.5. The summed E-state index contributed by atoms with van der Waals surface area (Å²) in [4.78, 5) is 25.0. The van der Waals surface area contributed by atoms with E-state index in [2.05, 4.69) is 15.6 Å². The zero-order valence-electron chi connectivity index (χ0n) is 14.8. The number of halogens is 1. The van der Waals surface area contributed by atoms with Crippen LogP contribution in [-0.4, -0.2) is 55.9 Å². The molecule has 1 aromatic heterocycles. The number of nitrogens with one attached hydrogen (secondary N) is 1. The summed E-state index contributed by atoms with van der Waals surface area (Å²) in [6, 6.07) is 7.26. The fourth-order valence-corrected chi connectivity index (χ4v) is 3.93. The number of nitro benzene ring substituents is 1. The second kappa shape index (κ2) is 7.61. The highest BCUT2D eigenvalue weighted by Gasteiger charge is 2.37. The van der Waals surface area contributed by atoms with E-state index in [1.165, 1.54) is 35.9 Å². The van der Waals surface area contributed by atoms with Crippen LogP contribution in [0.4, 0.5) is 5.69 Å². The maximum absolute atomic E-state index is 12.8. The van der Waals surface area contributed by atoms with Crippen LogP contribution < -0.4 is 5.32 Å². The molecule has 2 saturated heterocycles. The Kier molecular flexibility index (Phi) is 5.43. The van der Waals surface area contributed by atoms with E-state index in [4.69, 9.17) is 0 Å². The van der Waals surface area contributed by atoms with Crippen LogP contribution in [0.1, 0.15) is 36.2 Å². The van der Waals surface area contributed by atoms with E-state index in [0.717, 1.165) is 12.8 Å². The largest absolute Gasteiger partial charge is 0.337 e. The molecule has 0 saturated carbocycles. The van der Waals surface area contributed by atoms with Crippen molar-refractivity contribution < 1.29 is 9.72 Å². The van der Waals surface area contributed by atoms with Crippen molar-refractivity contribution in [2.45, 2.75) is 43.8 Å². The Bertz CT molecular complexity index is 845. The molecule has 9 nitrogen and oxygen atoms in total. The van der Waals surface area contributed by atoms with Gasteiger partial charge < -0.3 is 10.2 Å². The SMILES string of the molecule is CN(C(=O)c1cn(-c2cccc([N+](=O)[O-])c2)nn1)C1CC2CCC(C1)N2.Cl. The molecule has 0 aliphatic carbocycles. The third-order valence-corrected chi connectivity index (χ3v) is 5.33. The smallest absolute Gasteiger partial charge is 0.276 e. The monoisotopic (exact) mass is 392 g/mol. The fourth-order valence-electron chi connectivity index (χ4n) is 3.93. The van der Waals surface area contributed by atoms with E-state index < -0.39 is 4.92 Å². The predicted molar refractivity (Wildman–Crippen MR) is 100 cm³/mol. The van der Waals surface area contributed by atoms with Crippen molar-refractivity contribution in [3.63, 3.8) is 0 Å². The van der Waals surface area contributed by atoms with Crippen molar-refractivity contribution in [1.29, 1.82) is 0 Å². The van der Waals surface area contributed by atoms with Gasteiger partial charge in [-0.2, -0.15) is 0 Å². The summed E-state index contributed by atoms with van der Waals surface area (Å²) < 4.78 is 1.39. The van der Waals surface area contributed by atoms with Gasteiger partial charge in [-0.25, -0.2) is 4.68 Å². The van der Waals surface area contributed by atoms with Gasteiger partial charge in [0, 0.05) is 37.3 Å². The van der Waals surface area contributed by atoms with E-state index in [-0.39, 0.29) is 35.7 Å². The van der Waals surface area contributed by atoms with Gasteiger partial charge in [0.15, 0.2) is 5.69 Å². The molecule has 4 rings (SSSR count). The zero-order chi connectivity index (χ0) is 18.3. The lowest BCUT2D eigenvalue weighted by atomic mass is 9.98. The van der Waals surface area contributed by atoms with Crippen molar-refractivity contribution in [3.8, 4) is 5.69 Å². The molecule has 2 aliphatic rings. The first kappa shape index (κ1) is 19.2. The van der Waals surface area contributed by atoms with Gasteiger partial charge in [-0.1, -0.05) is 11.3 Å². The Hall–Kier alpha value is -2.52. The highest BCUT2D eigenvalue weighted by Crippen LogP contribution is 2.29. The summed E-state index contributed by atoms with van der Waals surface area (Å²) in [7, 11) is 1.81. The molecule has 0 spiro atoms. The molecule has 3 heterocycles. The number of nitrogens with zero attached hydrogens (tertiary/aromatic N) is 5. The number of piperidine rings is 1. The predicted octanol–water partition coefficient (Wildman–Crippen LogP) is 1.95. The van der Waals surface area contributed by atoms with Gasteiger partial charge in [-0.05, 0) is 31.7 Å². The summed E-state index contributed by atoms with van der Waals surface area (Å²) in [5, 5.41) is 22.4. The van der Waals surface area contributed by atoms with Crippen LogP contribution in [0.25, 0.3) is 5.69 Å². The summed E-state index contributed by atoms with van der Waals surface area (Å²) in [6.07, 6.45) is 5.78. The maximum Gasteiger partial charge on any atom is 0.276 e. The zero-order valence-corrected chi connectivity index (χ0v) is 15.6. The molecule has 2 atom stereocenters. The van der Waals surface area contributed by atoms with Crippen LogP contribution in [0.15, 0.2) is 30.5 Å². The molecule has 10 heteroatoms. The second-order valence-electron chi connectivity index (χ2n) is 7.00. The third kappa shape index (κ3) is 3.79. The molecular weight excluding hydrogens is 372 g/mol. The highest BCUT2D eigenvalue weighted by molar-refractivity contribution is 5.92. The minimum atomic E-state index is -0.467. The number of non-ortho nitro benzene ring substituents is 1. The second-order valence-corrected chi connectivity index (χ2v) is 7.00. The fraction of sp³-hybridized carbons (Fsp3) is 0.471. The van der Waals surface area contributed by atoms with Gasteiger partial charge in [-0.15, -0.1) is 17.5 Å². The summed E-state index contributed by atoms with van der Waals surface area (Å²) in [5.41, 5.74) is 0.700. The highest BCUT2D eigenvalue weighted by atomic mass is 35.5. The van der Waals surface area contributed by atoms with Gasteiger partial charge >= 0.3 is 0 Å². The molecule has 2 aromatic rings. The molecule has 27 heavy (non-hydrogen) atoms. The molecule has 144 valence electrons. The van der Waals surface area contributed by atoms with Crippen LogP contribution in [0.5, 0.6) is 0 Å². The maximum atomic E-state index is 12.8. The molecule has 2 aliphatic heterocycles. The number of nitro groups is 1. The molecule has 2 unspecified atom stereocenters. The number of rotatable bonds is 4. The van der Waals surface area contributed by atoms with Crippen molar-refractivity contribution in [2.24, 2.45) is 0 Å². The Labute approximate surface area is 162 Å². The van der Waals surface area contributed by atoms with Crippen LogP contribution >= 0.6 is 12.4 Å². The van der Waals surface area contributed by atoms with Crippen molar-refractivity contribution in [1.82, 2.24) is 25.2 Å². The van der Waals surface area contributed by atoms with Crippen LogP contribution in [-0.2, 0) is 0 Å². The molecule has 2 fully saturated rings. The lowest BCUT2D eigenvalue weighted by Gasteiger charge is -2.35. The van der Waals surface area contributed by atoms with Gasteiger partial charge in [0.05, 0.1) is 16.8 Å². The minimum Gasteiger partial charge on any atom is -0.337 e. The number of benzene rings is 1. The summed E-state index contributed by atoms with van der Waals surface area (Å²) in [6.45, 7) is 0. The van der Waals surface area contributed by atoms with Gasteiger partial charge in [0.25, 0.3) is 11.6 Å². The van der Waals surface area contributed by atoms with Crippen LogP contribution in [0, 0.1) is 10.1 Å². The number of amides is 1. The third-order valence-electron chi connectivity index (χ3n) is 5.33. The average Bonchev–Trinajstić information content (AvgIpc) is 3.27. The summed E-state index contributed by atoms with van der Waals surface area (Å²) >= 11 is 0. The molecule has 0 radical (unpaired) electrons. The van der Waals surface area contributed by atoms with Crippen LogP contribution in [0.3, 0.4) is 0 Å². The number of hydrogen-bond acceptors (Lipinski definition) is 6.